The molecule has 0 saturated heterocycles. The first-order chi connectivity index (χ1) is 9.08. The SMILES string of the molecule is OC1CCC(n2c(=S)[nH]c3ccc(F)c(F)c32)CC1. The predicted octanol–water partition coefficient (Wildman–Crippen LogP) is 3.45. The quantitative estimate of drug-likeness (QED) is 0.787. The van der Waals surface area contributed by atoms with E-state index in [1.54, 1.807) is 4.57 Å². The van der Waals surface area contributed by atoms with Crippen molar-refractivity contribution in [2.24, 2.45) is 0 Å². The summed E-state index contributed by atoms with van der Waals surface area (Å²) in [4.78, 5) is 2.91. The van der Waals surface area contributed by atoms with E-state index in [1.165, 1.54) is 6.07 Å². The molecule has 0 atom stereocenters. The van der Waals surface area contributed by atoms with E-state index in [0.717, 1.165) is 18.9 Å². The molecule has 0 spiro atoms. The van der Waals surface area contributed by atoms with Crippen molar-refractivity contribution < 1.29 is 13.9 Å². The maximum absolute atomic E-state index is 14.0. The number of fused-ring (bicyclic) bond motifs is 1. The van der Waals surface area contributed by atoms with Crippen molar-refractivity contribution in [3.8, 4) is 0 Å². The molecule has 0 bridgehead atoms. The van der Waals surface area contributed by atoms with Gasteiger partial charge in [0, 0.05) is 6.04 Å². The van der Waals surface area contributed by atoms with Crippen molar-refractivity contribution in [2.45, 2.75) is 37.8 Å². The summed E-state index contributed by atoms with van der Waals surface area (Å²) in [6.45, 7) is 0. The Morgan fingerprint density at radius 2 is 1.89 bits per heavy atom. The summed E-state index contributed by atoms with van der Waals surface area (Å²) in [6, 6.07) is 2.61. The number of aliphatic hydroxyl groups excluding tert-OH is 1. The molecule has 6 heteroatoms. The predicted molar refractivity (Wildman–Crippen MR) is 70.6 cm³/mol. The molecule has 1 aromatic heterocycles. The van der Waals surface area contributed by atoms with Gasteiger partial charge in [0.15, 0.2) is 16.4 Å². The fourth-order valence-electron chi connectivity index (χ4n) is 2.82. The van der Waals surface area contributed by atoms with Gasteiger partial charge in [-0.05, 0) is 50.0 Å². The van der Waals surface area contributed by atoms with Gasteiger partial charge in [-0.1, -0.05) is 0 Å². The van der Waals surface area contributed by atoms with Crippen molar-refractivity contribution in [2.75, 3.05) is 0 Å². The molecular weight excluding hydrogens is 270 g/mol. The number of rotatable bonds is 1. The average molecular weight is 284 g/mol. The minimum atomic E-state index is -0.869. The maximum Gasteiger partial charge on any atom is 0.184 e. The van der Waals surface area contributed by atoms with E-state index in [4.69, 9.17) is 12.2 Å². The number of aliphatic hydroxyl groups is 1. The summed E-state index contributed by atoms with van der Waals surface area (Å²) in [5.41, 5.74) is 0.710. The van der Waals surface area contributed by atoms with Gasteiger partial charge in [-0.2, -0.15) is 0 Å². The topological polar surface area (TPSA) is 41.0 Å². The van der Waals surface area contributed by atoms with Gasteiger partial charge < -0.3 is 14.7 Å². The highest BCUT2D eigenvalue weighted by Crippen LogP contribution is 2.32. The number of halogens is 2. The van der Waals surface area contributed by atoms with Crippen LogP contribution < -0.4 is 0 Å². The first-order valence-electron chi connectivity index (χ1n) is 6.34. The molecule has 1 saturated carbocycles. The molecule has 1 aromatic carbocycles. The lowest BCUT2D eigenvalue weighted by atomic mass is 9.93. The summed E-state index contributed by atoms with van der Waals surface area (Å²) in [5.74, 6) is -1.73. The zero-order valence-corrected chi connectivity index (χ0v) is 11.0. The van der Waals surface area contributed by atoms with Crippen molar-refractivity contribution in [1.82, 2.24) is 9.55 Å². The maximum atomic E-state index is 14.0. The van der Waals surface area contributed by atoms with Crippen LogP contribution in [0.5, 0.6) is 0 Å². The van der Waals surface area contributed by atoms with E-state index < -0.39 is 11.6 Å². The van der Waals surface area contributed by atoms with Crippen LogP contribution in [0.1, 0.15) is 31.7 Å². The number of aromatic nitrogens is 2. The molecule has 3 rings (SSSR count). The van der Waals surface area contributed by atoms with E-state index in [0.29, 0.717) is 23.1 Å². The van der Waals surface area contributed by atoms with Crippen LogP contribution in [0.3, 0.4) is 0 Å². The molecule has 1 aliphatic rings. The number of aromatic amines is 1. The van der Waals surface area contributed by atoms with Crippen LogP contribution in [0.2, 0.25) is 0 Å². The Morgan fingerprint density at radius 3 is 2.58 bits per heavy atom. The van der Waals surface area contributed by atoms with Crippen LogP contribution in [0.15, 0.2) is 12.1 Å². The third kappa shape index (κ3) is 2.08. The highest BCUT2D eigenvalue weighted by molar-refractivity contribution is 7.71. The van der Waals surface area contributed by atoms with Gasteiger partial charge in [-0.3, -0.25) is 0 Å². The molecule has 3 nitrogen and oxygen atoms in total. The summed E-state index contributed by atoms with van der Waals surface area (Å²) in [5, 5.41) is 9.53. The lowest BCUT2D eigenvalue weighted by molar-refractivity contribution is 0.111. The number of imidazole rings is 1. The fraction of sp³-hybridized carbons (Fsp3) is 0.462. The number of nitrogens with one attached hydrogen (secondary N) is 1. The molecule has 0 aliphatic heterocycles. The fourth-order valence-corrected chi connectivity index (χ4v) is 3.17. The lowest BCUT2D eigenvalue weighted by Gasteiger charge is -2.27. The molecular formula is C13H14F2N2OS. The average Bonchev–Trinajstić information content (AvgIpc) is 2.72. The van der Waals surface area contributed by atoms with E-state index in [-0.39, 0.29) is 17.7 Å². The van der Waals surface area contributed by atoms with Crippen LogP contribution in [-0.2, 0) is 0 Å². The molecule has 2 N–H and O–H groups in total. The van der Waals surface area contributed by atoms with Gasteiger partial charge in [-0.15, -0.1) is 0 Å². The third-order valence-electron chi connectivity index (χ3n) is 3.80. The Bertz CT molecular complexity index is 671. The summed E-state index contributed by atoms with van der Waals surface area (Å²) in [7, 11) is 0. The first-order valence-corrected chi connectivity index (χ1v) is 6.75. The number of nitrogens with zero attached hydrogens (tertiary/aromatic N) is 1. The molecule has 0 amide bonds. The molecule has 1 fully saturated rings. The molecule has 19 heavy (non-hydrogen) atoms. The highest BCUT2D eigenvalue weighted by atomic mass is 32.1. The lowest BCUT2D eigenvalue weighted by Crippen LogP contribution is -2.21. The van der Waals surface area contributed by atoms with E-state index in [1.807, 2.05) is 0 Å². The zero-order chi connectivity index (χ0) is 13.6. The number of H-pyrrole nitrogens is 1. The molecule has 1 heterocycles. The normalized spacial score (nSPS) is 23.9. The minimum Gasteiger partial charge on any atom is -0.393 e. The first kappa shape index (κ1) is 12.7. The summed E-state index contributed by atoms with van der Waals surface area (Å²) in [6.07, 6.45) is 2.47. The van der Waals surface area contributed by atoms with Crippen molar-refractivity contribution in [3.63, 3.8) is 0 Å². The minimum absolute atomic E-state index is 0.0148. The standard InChI is InChI=1S/C13H14F2N2OS/c14-9-5-6-10-12(11(9)15)17(13(19)16-10)7-1-3-8(18)4-2-7/h5-8,18H,1-4H2,(H,16,19). The van der Waals surface area contributed by atoms with Crippen molar-refractivity contribution in [3.05, 3.63) is 28.5 Å². The molecule has 1 aliphatic carbocycles. The summed E-state index contributed by atoms with van der Waals surface area (Å²) >= 11 is 5.22. The van der Waals surface area contributed by atoms with Crippen molar-refractivity contribution >= 4 is 23.3 Å². The van der Waals surface area contributed by atoms with Gasteiger partial charge in [0.05, 0.1) is 11.6 Å². The van der Waals surface area contributed by atoms with Crippen LogP contribution in [-0.4, -0.2) is 20.8 Å². The number of hydrogen-bond donors (Lipinski definition) is 2. The van der Waals surface area contributed by atoms with Gasteiger partial charge >= 0.3 is 0 Å². The van der Waals surface area contributed by atoms with Gasteiger partial charge in [-0.25, -0.2) is 8.78 Å². The van der Waals surface area contributed by atoms with Crippen LogP contribution >= 0.6 is 12.2 Å². The second kappa shape index (κ2) is 4.68. The monoisotopic (exact) mass is 284 g/mol. The Balaban J connectivity index is 2.15. The molecule has 0 unspecified atom stereocenters. The second-order valence-electron chi connectivity index (χ2n) is 5.02. The van der Waals surface area contributed by atoms with Crippen LogP contribution in [0, 0.1) is 16.4 Å². The highest BCUT2D eigenvalue weighted by Gasteiger charge is 2.24. The number of hydrogen-bond acceptors (Lipinski definition) is 2. The molecule has 102 valence electrons. The van der Waals surface area contributed by atoms with Gasteiger partial charge in [0.1, 0.15) is 5.52 Å². The second-order valence-corrected chi connectivity index (χ2v) is 5.41. The Morgan fingerprint density at radius 1 is 1.21 bits per heavy atom. The van der Waals surface area contributed by atoms with Gasteiger partial charge in [0.2, 0.25) is 0 Å². The zero-order valence-electron chi connectivity index (χ0n) is 10.2. The Hall–Kier alpha value is -1.27. The Labute approximate surface area is 113 Å². The third-order valence-corrected chi connectivity index (χ3v) is 4.10. The van der Waals surface area contributed by atoms with E-state index >= 15 is 0 Å². The number of benzene rings is 1. The molecule has 2 aromatic rings. The molecule has 0 radical (unpaired) electrons. The smallest absolute Gasteiger partial charge is 0.184 e. The van der Waals surface area contributed by atoms with Crippen LogP contribution in [0.4, 0.5) is 8.78 Å². The Kier molecular flexibility index (Phi) is 3.14. The van der Waals surface area contributed by atoms with Crippen molar-refractivity contribution in [1.29, 1.82) is 0 Å². The van der Waals surface area contributed by atoms with Crippen LogP contribution in [0.25, 0.3) is 11.0 Å². The van der Waals surface area contributed by atoms with Gasteiger partial charge in [0.25, 0.3) is 0 Å². The largest absolute Gasteiger partial charge is 0.393 e. The summed E-state index contributed by atoms with van der Waals surface area (Å²) < 4.78 is 29.4. The van der Waals surface area contributed by atoms with E-state index in [9.17, 15) is 13.9 Å². The van der Waals surface area contributed by atoms with E-state index in [2.05, 4.69) is 4.98 Å².